The normalized spacial score (nSPS) is 18.2. The van der Waals surface area contributed by atoms with Crippen LogP contribution in [0.2, 0.25) is 0 Å². The summed E-state index contributed by atoms with van der Waals surface area (Å²) in [6.45, 7) is 3.65. The Morgan fingerprint density at radius 1 is 1.30 bits per heavy atom. The first kappa shape index (κ1) is 15.1. The smallest absolute Gasteiger partial charge is 0.352 e. The van der Waals surface area contributed by atoms with Gasteiger partial charge in [-0.05, 0) is 25.5 Å². The van der Waals surface area contributed by atoms with Crippen molar-refractivity contribution in [1.82, 2.24) is 4.98 Å². The number of rotatable bonds is 3. The minimum absolute atomic E-state index is 0.0966. The van der Waals surface area contributed by atoms with Crippen LogP contribution in [0.25, 0.3) is 17.2 Å². The van der Waals surface area contributed by atoms with E-state index in [0.717, 1.165) is 11.1 Å². The van der Waals surface area contributed by atoms with Crippen LogP contribution >= 0.6 is 0 Å². The van der Waals surface area contributed by atoms with Gasteiger partial charge in [-0.25, -0.2) is 4.79 Å². The number of hydrogen-bond donors (Lipinski definition) is 2. The maximum Gasteiger partial charge on any atom is 0.352 e. The van der Waals surface area contributed by atoms with Gasteiger partial charge in [0.05, 0.1) is 11.1 Å². The van der Waals surface area contributed by atoms with Crippen LogP contribution < -0.4 is 0 Å². The van der Waals surface area contributed by atoms with Crippen LogP contribution in [-0.4, -0.2) is 22.0 Å². The molecule has 1 aromatic carbocycles. The zero-order valence-electron chi connectivity index (χ0n) is 12.9. The molecular weight excluding hydrogens is 294 g/mol. The van der Waals surface area contributed by atoms with Gasteiger partial charge in [0.2, 0.25) is 0 Å². The van der Waals surface area contributed by atoms with E-state index in [1.807, 2.05) is 44.2 Å². The monoisotopic (exact) mass is 311 g/mol. The molecule has 0 saturated carbocycles. The van der Waals surface area contributed by atoms with Crippen LogP contribution in [0.3, 0.4) is 0 Å². The highest BCUT2D eigenvalue weighted by Gasteiger charge is 2.38. The molecule has 1 saturated heterocycles. The van der Waals surface area contributed by atoms with Crippen molar-refractivity contribution in [1.29, 1.82) is 0 Å². The van der Waals surface area contributed by atoms with Crippen LogP contribution in [-0.2, 0) is 9.53 Å². The first-order valence-corrected chi connectivity index (χ1v) is 7.31. The Hall–Kier alpha value is -2.82. The molecule has 1 aliphatic heterocycles. The number of hydrogen-bond acceptors (Lipinski definition) is 3. The lowest BCUT2D eigenvalue weighted by atomic mass is 9.91. The summed E-state index contributed by atoms with van der Waals surface area (Å²) in [5, 5.41) is 9.22. The average Bonchev–Trinajstić information content (AvgIpc) is 3.02. The second-order valence-electron chi connectivity index (χ2n) is 6.24. The number of carbonyl (C=O) groups is 2. The maximum atomic E-state index is 11.8. The Labute approximate surface area is 133 Å². The number of aromatic carboxylic acids is 1. The number of carbonyl (C=O) groups excluding carboxylic acids is 1. The van der Waals surface area contributed by atoms with Crippen LogP contribution in [0, 0.1) is 5.41 Å². The minimum atomic E-state index is -1.03. The third kappa shape index (κ3) is 2.90. The van der Waals surface area contributed by atoms with Crippen molar-refractivity contribution in [3.63, 3.8) is 0 Å². The Morgan fingerprint density at radius 2 is 2.00 bits per heavy atom. The lowest BCUT2D eigenvalue weighted by Crippen LogP contribution is -2.16. The SMILES string of the molecule is CC1(C)C/C(=C\c2[nH]c(C(=O)O)cc2-c2ccccc2)OC1=O. The van der Waals surface area contributed by atoms with Gasteiger partial charge in [0.25, 0.3) is 0 Å². The quantitative estimate of drug-likeness (QED) is 0.847. The molecular formula is C18H17NO4. The molecule has 118 valence electrons. The third-order valence-corrected chi connectivity index (χ3v) is 3.86. The zero-order valence-corrected chi connectivity index (χ0v) is 12.9. The van der Waals surface area contributed by atoms with Crippen molar-refractivity contribution in [2.24, 2.45) is 5.41 Å². The van der Waals surface area contributed by atoms with E-state index in [-0.39, 0.29) is 11.7 Å². The van der Waals surface area contributed by atoms with E-state index in [1.165, 1.54) is 0 Å². The molecule has 5 nitrogen and oxygen atoms in total. The van der Waals surface area contributed by atoms with Gasteiger partial charge < -0.3 is 14.8 Å². The van der Waals surface area contributed by atoms with Crippen molar-refractivity contribution in [3.8, 4) is 11.1 Å². The molecule has 1 aliphatic rings. The molecule has 1 fully saturated rings. The summed E-state index contributed by atoms with van der Waals surface area (Å²) >= 11 is 0. The molecule has 5 heteroatoms. The lowest BCUT2D eigenvalue weighted by molar-refractivity contribution is -0.142. The van der Waals surface area contributed by atoms with E-state index in [4.69, 9.17) is 4.74 Å². The van der Waals surface area contributed by atoms with Gasteiger partial charge in [-0.2, -0.15) is 0 Å². The van der Waals surface area contributed by atoms with Crippen molar-refractivity contribution < 1.29 is 19.4 Å². The number of esters is 1. The average molecular weight is 311 g/mol. The minimum Gasteiger partial charge on any atom is -0.477 e. The fourth-order valence-corrected chi connectivity index (χ4v) is 2.60. The van der Waals surface area contributed by atoms with Gasteiger partial charge >= 0.3 is 11.9 Å². The molecule has 3 rings (SSSR count). The molecule has 2 aromatic rings. The number of H-pyrrole nitrogens is 1. The van der Waals surface area contributed by atoms with Crippen molar-refractivity contribution in [2.45, 2.75) is 20.3 Å². The number of benzene rings is 1. The molecule has 0 radical (unpaired) electrons. The Bertz CT molecular complexity index is 800. The second-order valence-corrected chi connectivity index (χ2v) is 6.24. The second kappa shape index (κ2) is 5.43. The number of carboxylic acids is 1. The highest BCUT2D eigenvalue weighted by molar-refractivity contribution is 5.90. The van der Waals surface area contributed by atoms with Gasteiger partial charge in [0.1, 0.15) is 11.5 Å². The summed E-state index contributed by atoms with van der Waals surface area (Å²) in [5.41, 5.74) is 1.82. The van der Waals surface area contributed by atoms with Gasteiger partial charge in [-0.15, -0.1) is 0 Å². The fraction of sp³-hybridized carbons (Fsp3) is 0.222. The summed E-state index contributed by atoms with van der Waals surface area (Å²) in [7, 11) is 0. The molecule has 23 heavy (non-hydrogen) atoms. The number of ether oxygens (including phenoxy) is 1. The van der Waals surface area contributed by atoms with Gasteiger partial charge in [0.15, 0.2) is 0 Å². The van der Waals surface area contributed by atoms with Gasteiger partial charge in [-0.3, -0.25) is 4.79 Å². The Morgan fingerprint density at radius 3 is 2.57 bits per heavy atom. The van der Waals surface area contributed by atoms with Crippen LogP contribution in [0.1, 0.15) is 36.5 Å². The molecule has 1 aromatic heterocycles. The van der Waals surface area contributed by atoms with E-state index in [9.17, 15) is 14.7 Å². The van der Waals surface area contributed by atoms with Gasteiger partial charge in [0, 0.05) is 18.1 Å². The standard InChI is InChI=1S/C18H17NO4/c1-18(2)10-12(23-17(18)22)8-14-13(9-15(19-14)16(20)21)11-6-4-3-5-7-11/h3-9,19H,10H2,1-2H3,(H,20,21)/b12-8+. The number of allylic oxidation sites excluding steroid dienone is 1. The molecule has 0 amide bonds. The lowest BCUT2D eigenvalue weighted by Gasteiger charge is -2.07. The Balaban J connectivity index is 2.05. The van der Waals surface area contributed by atoms with E-state index < -0.39 is 11.4 Å². The topological polar surface area (TPSA) is 79.4 Å². The maximum absolute atomic E-state index is 11.8. The zero-order chi connectivity index (χ0) is 16.6. The number of nitrogens with one attached hydrogen (secondary N) is 1. The highest BCUT2D eigenvalue weighted by atomic mass is 16.5. The molecule has 0 aliphatic carbocycles. The van der Waals surface area contributed by atoms with E-state index >= 15 is 0 Å². The van der Waals surface area contributed by atoms with E-state index in [1.54, 1.807) is 12.1 Å². The van der Waals surface area contributed by atoms with Gasteiger partial charge in [-0.1, -0.05) is 30.3 Å². The number of carboxylic acid groups (broad SMARTS) is 1. The molecule has 2 N–H and O–H groups in total. The fourth-order valence-electron chi connectivity index (χ4n) is 2.60. The van der Waals surface area contributed by atoms with Crippen molar-refractivity contribution in [3.05, 3.63) is 53.5 Å². The summed E-state index contributed by atoms with van der Waals surface area (Å²) in [4.78, 5) is 25.9. The predicted molar refractivity (Wildman–Crippen MR) is 85.7 cm³/mol. The van der Waals surface area contributed by atoms with Crippen LogP contribution in [0.15, 0.2) is 42.2 Å². The summed E-state index contributed by atoms with van der Waals surface area (Å²) in [6, 6.07) is 11.1. The molecule has 0 spiro atoms. The van der Waals surface area contributed by atoms with E-state index in [2.05, 4.69) is 4.98 Å². The van der Waals surface area contributed by atoms with E-state index in [0.29, 0.717) is 17.9 Å². The highest BCUT2D eigenvalue weighted by Crippen LogP contribution is 2.37. The molecule has 0 atom stereocenters. The predicted octanol–water partition coefficient (Wildman–Crippen LogP) is 3.69. The number of aromatic nitrogens is 1. The van der Waals surface area contributed by atoms with Crippen LogP contribution in [0.4, 0.5) is 0 Å². The number of aromatic amines is 1. The largest absolute Gasteiger partial charge is 0.477 e. The molecule has 2 heterocycles. The first-order valence-electron chi connectivity index (χ1n) is 7.31. The molecule has 0 unspecified atom stereocenters. The van der Waals surface area contributed by atoms with Crippen molar-refractivity contribution >= 4 is 18.0 Å². The number of cyclic esters (lactones) is 1. The third-order valence-electron chi connectivity index (χ3n) is 3.86. The summed E-state index contributed by atoms with van der Waals surface area (Å²) < 4.78 is 5.30. The molecule has 0 bridgehead atoms. The summed E-state index contributed by atoms with van der Waals surface area (Å²) in [5.74, 6) is -0.762. The van der Waals surface area contributed by atoms with Crippen molar-refractivity contribution in [2.75, 3.05) is 0 Å². The van der Waals surface area contributed by atoms with Crippen LogP contribution in [0.5, 0.6) is 0 Å². The Kier molecular flexibility index (Phi) is 3.56. The first-order chi connectivity index (χ1) is 10.9. The summed E-state index contributed by atoms with van der Waals surface area (Å²) in [6.07, 6.45) is 2.20.